The molecule has 0 aromatic carbocycles. The molecule has 0 aliphatic rings. The molecule has 0 aromatic rings. The van der Waals surface area contributed by atoms with Gasteiger partial charge < -0.3 is 0 Å². The van der Waals surface area contributed by atoms with Crippen molar-refractivity contribution in [3.05, 3.63) is 11.4 Å². The highest BCUT2D eigenvalue weighted by Crippen LogP contribution is 1.96. The third-order valence-corrected chi connectivity index (χ3v) is 2.50. The fraction of sp³-hybridized carbons (Fsp3) is 0.833. The lowest BCUT2D eigenvalue weighted by atomic mass is 10.4. The predicted octanol–water partition coefficient (Wildman–Crippen LogP) is 1.08. The van der Waals surface area contributed by atoms with Crippen molar-refractivity contribution < 1.29 is 8.42 Å². The summed E-state index contributed by atoms with van der Waals surface area (Å²) in [4.78, 5) is 2.82. The maximum Gasteiger partial charge on any atom is 0.312 e. The van der Waals surface area contributed by atoms with E-state index in [-0.39, 0.29) is 11.6 Å². The molecule has 0 fully saturated rings. The van der Waals surface area contributed by atoms with Crippen LogP contribution >= 0.6 is 0 Å². The summed E-state index contributed by atoms with van der Waals surface area (Å²) in [5.74, 6) is -0.196. The second-order valence-corrected chi connectivity index (χ2v) is 4.24. The lowest BCUT2D eigenvalue weighted by molar-refractivity contribution is 0.595. The van der Waals surface area contributed by atoms with E-state index in [0.717, 1.165) is 6.42 Å². The summed E-state index contributed by atoms with van der Waals surface area (Å²) in [6, 6.07) is 0. The van der Waals surface area contributed by atoms with Crippen molar-refractivity contribution in [3.8, 4) is 0 Å². The van der Waals surface area contributed by atoms with Gasteiger partial charge in [0, 0.05) is 0 Å². The predicted molar refractivity (Wildman–Crippen MR) is 40.2 cm³/mol. The van der Waals surface area contributed by atoms with Gasteiger partial charge in [0.15, 0.2) is 0 Å². The van der Waals surface area contributed by atoms with E-state index in [1.807, 2.05) is 6.92 Å². The number of unbranched alkanes of at least 4 members (excludes halogenated alkanes) is 1. The zero-order valence-electron chi connectivity index (χ0n) is 6.00. The van der Waals surface area contributed by atoms with E-state index < -0.39 is 9.84 Å². The van der Waals surface area contributed by atoms with Crippen molar-refractivity contribution in [2.75, 3.05) is 11.6 Å². The molecule has 0 heterocycles. The second-order valence-electron chi connectivity index (χ2n) is 2.09. The minimum Gasteiger partial charge on any atom is -0.300 e. The zero-order chi connectivity index (χ0) is 8.04. The Hall–Kier alpha value is -0.560. The van der Waals surface area contributed by atoms with Crippen molar-refractivity contribution in [2.24, 2.45) is 0 Å². The number of rotatable bonds is 4. The molecule has 58 valence electrons. The smallest absolute Gasteiger partial charge is 0.300 e. The van der Waals surface area contributed by atoms with Gasteiger partial charge in [-0.25, -0.2) is 15.0 Å². The van der Waals surface area contributed by atoms with Gasteiger partial charge in [-0.05, 0) is 6.42 Å². The van der Waals surface area contributed by atoms with Crippen LogP contribution in [0, 0.1) is 6.57 Å². The van der Waals surface area contributed by atoms with Crippen molar-refractivity contribution in [2.45, 2.75) is 19.8 Å². The van der Waals surface area contributed by atoms with Gasteiger partial charge in [-0.2, -0.15) is 0 Å². The van der Waals surface area contributed by atoms with E-state index in [4.69, 9.17) is 6.57 Å². The Balaban J connectivity index is 3.80. The van der Waals surface area contributed by atoms with Crippen LogP contribution in [0.3, 0.4) is 0 Å². The van der Waals surface area contributed by atoms with E-state index in [0.29, 0.717) is 6.42 Å². The first-order chi connectivity index (χ1) is 4.62. The average molecular weight is 161 g/mol. The molecule has 0 amide bonds. The summed E-state index contributed by atoms with van der Waals surface area (Å²) >= 11 is 0. The van der Waals surface area contributed by atoms with Crippen LogP contribution in [0.2, 0.25) is 0 Å². The molecule has 0 spiro atoms. The summed E-state index contributed by atoms with van der Waals surface area (Å²) in [6.07, 6.45) is 1.52. The lowest BCUT2D eigenvalue weighted by Gasteiger charge is -1.92. The largest absolute Gasteiger partial charge is 0.312 e. The Kier molecular flexibility index (Phi) is 4.05. The van der Waals surface area contributed by atoms with Gasteiger partial charge >= 0.3 is 5.88 Å². The van der Waals surface area contributed by atoms with Crippen LogP contribution in [0.5, 0.6) is 0 Å². The van der Waals surface area contributed by atoms with Crippen molar-refractivity contribution in [1.82, 2.24) is 0 Å². The normalized spacial score (nSPS) is 10.8. The maximum atomic E-state index is 10.8. The fourth-order valence-electron chi connectivity index (χ4n) is 0.527. The quantitative estimate of drug-likeness (QED) is 0.579. The molecule has 0 rings (SSSR count). The average Bonchev–Trinajstić information content (AvgIpc) is 1.84. The number of hydrogen-bond acceptors (Lipinski definition) is 2. The van der Waals surface area contributed by atoms with E-state index in [1.165, 1.54) is 0 Å². The Morgan fingerprint density at radius 1 is 1.50 bits per heavy atom. The van der Waals surface area contributed by atoms with E-state index >= 15 is 0 Å². The molecule has 3 nitrogen and oxygen atoms in total. The minimum atomic E-state index is -3.05. The van der Waals surface area contributed by atoms with E-state index in [1.54, 1.807) is 0 Å². The van der Waals surface area contributed by atoms with Crippen LogP contribution < -0.4 is 0 Å². The number of hydrogen-bond donors (Lipinski definition) is 0. The van der Waals surface area contributed by atoms with Crippen LogP contribution in [-0.2, 0) is 9.84 Å². The van der Waals surface area contributed by atoms with Gasteiger partial charge in [-0.15, -0.1) is 0 Å². The number of sulfone groups is 1. The van der Waals surface area contributed by atoms with Gasteiger partial charge in [0.25, 0.3) is 0 Å². The van der Waals surface area contributed by atoms with Gasteiger partial charge in [-0.1, -0.05) is 13.3 Å². The van der Waals surface area contributed by atoms with E-state index in [9.17, 15) is 8.42 Å². The fourth-order valence-corrected chi connectivity index (χ4v) is 1.58. The molecule has 0 N–H and O–H groups in total. The molecular weight excluding hydrogens is 150 g/mol. The van der Waals surface area contributed by atoms with Crippen LogP contribution in [0.25, 0.3) is 4.85 Å². The highest BCUT2D eigenvalue weighted by atomic mass is 32.2. The topological polar surface area (TPSA) is 38.5 Å². The molecule has 0 saturated carbocycles. The standard InChI is InChI=1S/C6H11NO2S/c1-3-4-5-10(8,9)6-7-2/h3-6H2,1H3. The Labute approximate surface area is 61.8 Å². The Bertz CT molecular complexity index is 212. The first kappa shape index (κ1) is 9.44. The summed E-state index contributed by atoms with van der Waals surface area (Å²) < 4.78 is 21.6. The molecule has 0 aromatic heterocycles. The van der Waals surface area contributed by atoms with Crippen LogP contribution in [0.15, 0.2) is 0 Å². The van der Waals surface area contributed by atoms with Gasteiger partial charge in [0.1, 0.15) is 0 Å². The van der Waals surface area contributed by atoms with Crippen molar-refractivity contribution in [3.63, 3.8) is 0 Å². The summed E-state index contributed by atoms with van der Waals surface area (Å²) in [5.41, 5.74) is 0. The molecule has 0 unspecified atom stereocenters. The molecule has 0 bridgehead atoms. The van der Waals surface area contributed by atoms with Gasteiger partial charge in [0.05, 0.1) is 5.75 Å². The first-order valence-corrected chi connectivity index (χ1v) is 4.98. The molecule has 0 radical (unpaired) electrons. The van der Waals surface area contributed by atoms with Crippen LogP contribution in [0.4, 0.5) is 0 Å². The molecule has 0 saturated heterocycles. The monoisotopic (exact) mass is 161 g/mol. The maximum absolute atomic E-state index is 10.8. The highest BCUT2D eigenvalue weighted by Gasteiger charge is 2.11. The third-order valence-electron chi connectivity index (χ3n) is 1.07. The minimum absolute atomic E-state index is 0.159. The van der Waals surface area contributed by atoms with Gasteiger partial charge in [0.2, 0.25) is 9.84 Å². The summed E-state index contributed by atoms with van der Waals surface area (Å²) in [5, 5.41) is 0. The SMILES string of the molecule is [C-]#[N+]CS(=O)(=O)CCCC. The van der Waals surface area contributed by atoms with Crippen LogP contribution in [0.1, 0.15) is 19.8 Å². The zero-order valence-corrected chi connectivity index (χ0v) is 6.82. The molecule has 4 heteroatoms. The highest BCUT2D eigenvalue weighted by molar-refractivity contribution is 7.91. The van der Waals surface area contributed by atoms with Gasteiger partial charge in [-0.3, -0.25) is 4.85 Å². The number of nitrogens with zero attached hydrogens (tertiary/aromatic N) is 1. The van der Waals surface area contributed by atoms with Crippen molar-refractivity contribution >= 4 is 9.84 Å². The molecule has 0 aliphatic carbocycles. The third kappa shape index (κ3) is 4.33. The molecule has 0 aliphatic heterocycles. The van der Waals surface area contributed by atoms with Crippen molar-refractivity contribution in [1.29, 1.82) is 0 Å². The molecule has 0 atom stereocenters. The molecule has 10 heavy (non-hydrogen) atoms. The van der Waals surface area contributed by atoms with E-state index in [2.05, 4.69) is 4.85 Å². The Morgan fingerprint density at radius 2 is 2.10 bits per heavy atom. The second kappa shape index (κ2) is 4.29. The Morgan fingerprint density at radius 3 is 2.50 bits per heavy atom. The summed E-state index contributed by atoms with van der Waals surface area (Å²) in [7, 11) is -3.05. The lowest BCUT2D eigenvalue weighted by Crippen LogP contribution is -2.07. The first-order valence-electron chi connectivity index (χ1n) is 3.16. The van der Waals surface area contributed by atoms with Crippen LogP contribution in [-0.4, -0.2) is 20.0 Å². The summed E-state index contributed by atoms with van der Waals surface area (Å²) in [6.45, 7) is 8.26. The molecular formula is C6H11NO2S.